The van der Waals surface area contributed by atoms with E-state index >= 15 is 0 Å². The van der Waals surface area contributed by atoms with Gasteiger partial charge in [-0.2, -0.15) is 0 Å². The second kappa shape index (κ2) is 6.67. The van der Waals surface area contributed by atoms with Gasteiger partial charge >= 0.3 is 0 Å². The van der Waals surface area contributed by atoms with Crippen LogP contribution in [-0.4, -0.2) is 11.5 Å². The van der Waals surface area contributed by atoms with Gasteiger partial charge in [-0.15, -0.1) is 0 Å². The molecule has 0 amide bonds. The summed E-state index contributed by atoms with van der Waals surface area (Å²) in [4.78, 5) is 12.4. The summed E-state index contributed by atoms with van der Waals surface area (Å²) in [5.74, 6) is -0.292. The molecule has 6 heteroatoms. The molecule has 2 aromatic rings. The third-order valence-corrected chi connectivity index (χ3v) is 3.77. The first-order valence-corrected chi connectivity index (χ1v) is 7.55. The summed E-state index contributed by atoms with van der Waals surface area (Å²) in [6.45, 7) is 2.65. The van der Waals surface area contributed by atoms with Crippen LogP contribution in [0.5, 0.6) is 0 Å². The van der Waals surface area contributed by atoms with Gasteiger partial charge in [0.2, 0.25) is 0 Å². The summed E-state index contributed by atoms with van der Waals surface area (Å²) in [5.41, 5.74) is 2.58. The zero-order valence-electron chi connectivity index (χ0n) is 11.4. The Morgan fingerprint density at radius 2 is 1.90 bits per heavy atom. The Bertz CT molecular complexity index is 647. The van der Waals surface area contributed by atoms with Gasteiger partial charge < -0.3 is 4.90 Å². The molecule has 2 rings (SSSR count). The van der Waals surface area contributed by atoms with E-state index in [4.69, 9.17) is 0 Å². The third-order valence-electron chi connectivity index (χ3n) is 3.16. The van der Waals surface area contributed by atoms with Crippen LogP contribution >= 0.6 is 15.9 Å². The van der Waals surface area contributed by atoms with Crippen LogP contribution in [0.1, 0.15) is 12.5 Å². The standard InChI is InChI=1S/C15H14BrFN2O2/c1-2-18(13-5-3-12(17)4-6-13)15-8-7-14(19(20)21)9-11(15)10-16/h3-9H,2,10H2,1H3. The molecule has 2 aromatic carbocycles. The van der Waals surface area contributed by atoms with E-state index in [9.17, 15) is 14.5 Å². The van der Waals surface area contributed by atoms with Gasteiger partial charge in [-0.05, 0) is 42.8 Å². The van der Waals surface area contributed by atoms with Gasteiger partial charge in [0.1, 0.15) is 5.82 Å². The van der Waals surface area contributed by atoms with Gasteiger partial charge in [0.15, 0.2) is 0 Å². The number of anilines is 2. The van der Waals surface area contributed by atoms with Crippen molar-refractivity contribution in [3.63, 3.8) is 0 Å². The largest absolute Gasteiger partial charge is 0.342 e. The van der Waals surface area contributed by atoms with Gasteiger partial charge in [0.05, 0.1) is 4.92 Å². The highest BCUT2D eigenvalue weighted by Crippen LogP contribution is 2.32. The van der Waals surface area contributed by atoms with Crippen LogP contribution in [0, 0.1) is 15.9 Å². The highest BCUT2D eigenvalue weighted by molar-refractivity contribution is 9.08. The molecule has 0 unspecified atom stereocenters. The normalized spacial score (nSPS) is 10.4. The molecule has 21 heavy (non-hydrogen) atoms. The molecule has 0 radical (unpaired) electrons. The number of halogens is 2. The van der Waals surface area contributed by atoms with Crippen LogP contribution in [0.4, 0.5) is 21.5 Å². The van der Waals surface area contributed by atoms with Crippen molar-refractivity contribution in [3.05, 3.63) is 64.0 Å². The highest BCUT2D eigenvalue weighted by Gasteiger charge is 2.15. The van der Waals surface area contributed by atoms with Crippen LogP contribution in [-0.2, 0) is 5.33 Å². The minimum absolute atomic E-state index is 0.0587. The minimum Gasteiger partial charge on any atom is -0.342 e. The summed E-state index contributed by atoms with van der Waals surface area (Å²) in [5, 5.41) is 11.4. The van der Waals surface area contributed by atoms with E-state index in [1.165, 1.54) is 18.2 Å². The highest BCUT2D eigenvalue weighted by atomic mass is 79.9. The lowest BCUT2D eigenvalue weighted by molar-refractivity contribution is -0.384. The van der Waals surface area contributed by atoms with Crippen molar-refractivity contribution in [2.75, 3.05) is 11.4 Å². The van der Waals surface area contributed by atoms with Gasteiger partial charge in [-0.25, -0.2) is 4.39 Å². The first-order valence-electron chi connectivity index (χ1n) is 6.43. The fourth-order valence-corrected chi connectivity index (χ4v) is 2.62. The predicted molar refractivity (Wildman–Crippen MR) is 84.8 cm³/mol. The number of rotatable bonds is 5. The molecule has 0 aliphatic heterocycles. The maximum atomic E-state index is 13.0. The van der Waals surface area contributed by atoms with Crippen molar-refractivity contribution in [1.29, 1.82) is 0 Å². The average molecular weight is 353 g/mol. The Labute approximate surface area is 130 Å². The molecule has 0 atom stereocenters. The Kier molecular flexibility index (Phi) is 4.90. The molecule has 0 aliphatic rings. The molecule has 0 aromatic heterocycles. The van der Waals surface area contributed by atoms with Gasteiger partial charge in [-0.3, -0.25) is 10.1 Å². The molecule has 0 bridgehead atoms. The third kappa shape index (κ3) is 3.39. The number of alkyl halides is 1. The van der Waals surface area contributed by atoms with Crippen LogP contribution in [0.25, 0.3) is 0 Å². The number of benzene rings is 2. The van der Waals surface area contributed by atoms with Gasteiger partial charge in [0, 0.05) is 35.4 Å². The Balaban J connectivity index is 2.46. The molecular weight excluding hydrogens is 339 g/mol. The Morgan fingerprint density at radius 3 is 2.43 bits per heavy atom. The summed E-state index contributed by atoms with van der Waals surface area (Å²) >= 11 is 3.36. The minimum atomic E-state index is -0.413. The van der Waals surface area contributed by atoms with E-state index in [0.29, 0.717) is 11.9 Å². The monoisotopic (exact) mass is 352 g/mol. The summed E-state index contributed by atoms with van der Waals surface area (Å²) in [6.07, 6.45) is 0. The SMILES string of the molecule is CCN(c1ccc(F)cc1)c1ccc([N+](=O)[O-])cc1CBr. The van der Waals surface area contributed by atoms with Gasteiger partial charge in [0.25, 0.3) is 5.69 Å². The second-order valence-electron chi connectivity index (χ2n) is 4.42. The number of hydrogen-bond donors (Lipinski definition) is 0. The zero-order chi connectivity index (χ0) is 15.4. The van der Waals surface area contributed by atoms with E-state index in [2.05, 4.69) is 15.9 Å². The topological polar surface area (TPSA) is 46.4 Å². The molecule has 0 spiro atoms. The molecule has 0 heterocycles. The quantitative estimate of drug-likeness (QED) is 0.441. The summed E-state index contributed by atoms with van der Waals surface area (Å²) in [7, 11) is 0. The number of non-ortho nitro benzene ring substituents is 1. The fourth-order valence-electron chi connectivity index (χ4n) is 2.17. The van der Waals surface area contributed by atoms with Gasteiger partial charge in [-0.1, -0.05) is 15.9 Å². The smallest absolute Gasteiger partial charge is 0.269 e. The first-order chi connectivity index (χ1) is 10.1. The number of hydrogen-bond acceptors (Lipinski definition) is 3. The van der Waals surface area contributed by atoms with Crippen molar-refractivity contribution >= 4 is 33.0 Å². The Hall–Kier alpha value is -1.95. The molecule has 4 nitrogen and oxygen atoms in total. The van der Waals surface area contributed by atoms with E-state index in [1.54, 1.807) is 24.3 Å². The van der Waals surface area contributed by atoms with E-state index < -0.39 is 4.92 Å². The molecular formula is C15H14BrFN2O2. The molecule has 0 saturated heterocycles. The summed E-state index contributed by atoms with van der Waals surface area (Å²) < 4.78 is 13.0. The Morgan fingerprint density at radius 1 is 1.24 bits per heavy atom. The fraction of sp³-hybridized carbons (Fsp3) is 0.200. The van der Waals surface area contributed by atoms with Crippen LogP contribution in [0.2, 0.25) is 0 Å². The average Bonchev–Trinajstić information content (AvgIpc) is 2.50. The van der Waals surface area contributed by atoms with Crippen molar-refractivity contribution in [2.24, 2.45) is 0 Å². The maximum Gasteiger partial charge on any atom is 0.269 e. The van der Waals surface area contributed by atoms with Crippen molar-refractivity contribution < 1.29 is 9.31 Å². The van der Waals surface area contributed by atoms with Crippen molar-refractivity contribution in [3.8, 4) is 0 Å². The van der Waals surface area contributed by atoms with Crippen LogP contribution in [0.3, 0.4) is 0 Å². The molecule has 0 fully saturated rings. The predicted octanol–water partition coefficient (Wildman–Crippen LogP) is 4.79. The van der Waals surface area contributed by atoms with E-state index in [1.807, 2.05) is 11.8 Å². The molecule has 0 aliphatic carbocycles. The van der Waals surface area contributed by atoms with Crippen molar-refractivity contribution in [1.82, 2.24) is 0 Å². The van der Waals surface area contributed by atoms with Crippen LogP contribution < -0.4 is 4.90 Å². The summed E-state index contributed by atoms with van der Waals surface area (Å²) in [6, 6.07) is 10.9. The lowest BCUT2D eigenvalue weighted by Crippen LogP contribution is -2.17. The number of nitrogens with zero attached hydrogens (tertiary/aromatic N) is 2. The maximum absolute atomic E-state index is 13.0. The zero-order valence-corrected chi connectivity index (χ0v) is 13.0. The van der Waals surface area contributed by atoms with Crippen molar-refractivity contribution in [2.45, 2.75) is 12.3 Å². The molecule has 0 saturated carbocycles. The number of nitro groups is 1. The number of nitro benzene ring substituents is 1. The lowest BCUT2D eigenvalue weighted by atomic mass is 10.1. The van der Waals surface area contributed by atoms with E-state index in [0.717, 1.165) is 16.9 Å². The molecule has 110 valence electrons. The lowest BCUT2D eigenvalue weighted by Gasteiger charge is -2.25. The second-order valence-corrected chi connectivity index (χ2v) is 4.99. The molecule has 0 N–H and O–H groups in total. The van der Waals surface area contributed by atoms with Crippen LogP contribution in [0.15, 0.2) is 42.5 Å². The first kappa shape index (κ1) is 15.4. The van der Waals surface area contributed by atoms with E-state index in [-0.39, 0.29) is 11.5 Å².